The molecule has 0 bridgehead atoms. The molecule has 0 unspecified atom stereocenters. The molecule has 4 rings (SSSR count). The molecule has 1 aromatic carbocycles. The molecule has 1 saturated heterocycles. The Morgan fingerprint density at radius 3 is 2.52 bits per heavy atom. The first-order valence-electron chi connectivity index (χ1n) is 10.2. The maximum Gasteiger partial charge on any atom is 0.257 e. The van der Waals surface area contributed by atoms with E-state index in [-0.39, 0.29) is 30.9 Å². The quantitative estimate of drug-likeness (QED) is 0.683. The van der Waals surface area contributed by atoms with Crippen LogP contribution in [0.4, 0.5) is 0 Å². The molecule has 31 heavy (non-hydrogen) atoms. The van der Waals surface area contributed by atoms with Crippen molar-refractivity contribution in [3.8, 4) is 0 Å². The van der Waals surface area contributed by atoms with Gasteiger partial charge in [0.05, 0.1) is 38.3 Å². The minimum absolute atomic E-state index is 0.00652. The molecule has 2 aliphatic heterocycles. The van der Waals surface area contributed by atoms with Crippen molar-refractivity contribution in [1.29, 1.82) is 0 Å². The normalized spacial score (nSPS) is 19.1. The summed E-state index contributed by atoms with van der Waals surface area (Å²) in [7, 11) is 1.76. The Balaban J connectivity index is 1.45. The summed E-state index contributed by atoms with van der Waals surface area (Å²) in [6, 6.07) is 10.7. The Labute approximate surface area is 186 Å². The molecule has 2 aromatic rings. The molecule has 0 saturated carbocycles. The van der Waals surface area contributed by atoms with E-state index in [1.54, 1.807) is 41.3 Å². The number of furan rings is 1. The lowest BCUT2D eigenvalue weighted by Gasteiger charge is -2.29. The number of morpholine rings is 1. The predicted octanol–water partition coefficient (Wildman–Crippen LogP) is 2.40. The lowest BCUT2D eigenvalue weighted by Crippen LogP contribution is -2.46. The van der Waals surface area contributed by atoms with Crippen molar-refractivity contribution in [2.24, 2.45) is 5.10 Å². The zero-order chi connectivity index (χ0) is 21.8. The van der Waals surface area contributed by atoms with E-state index in [0.29, 0.717) is 43.5 Å². The zero-order valence-corrected chi connectivity index (χ0v) is 18.1. The van der Waals surface area contributed by atoms with Crippen LogP contribution in [-0.4, -0.2) is 78.8 Å². The molecular formula is C22H25ClN4O4. The van der Waals surface area contributed by atoms with Crippen LogP contribution < -0.4 is 0 Å². The minimum Gasteiger partial charge on any atom is -0.467 e. The van der Waals surface area contributed by atoms with Gasteiger partial charge in [-0.05, 0) is 36.9 Å². The Morgan fingerprint density at radius 1 is 1.13 bits per heavy atom. The van der Waals surface area contributed by atoms with Crippen LogP contribution in [-0.2, 0) is 14.3 Å². The fourth-order valence-electron chi connectivity index (χ4n) is 3.76. The number of hydrogen-bond donors (Lipinski definition) is 0. The van der Waals surface area contributed by atoms with Crippen molar-refractivity contribution in [1.82, 2.24) is 14.8 Å². The second kappa shape index (κ2) is 9.64. The molecule has 2 amide bonds. The third kappa shape index (κ3) is 5.15. The average Bonchev–Trinajstić information content (AvgIpc) is 3.45. The van der Waals surface area contributed by atoms with Gasteiger partial charge in [0.25, 0.3) is 5.91 Å². The number of likely N-dealkylation sites (N-methyl/N-ethyl adjacent to an activating group) is 1. The lowest BCUT2D eigenvalue weighted by atomic mass is 10.0. The average molecular weight is 445 g/mol. The van der Waals surface area contributed by atoms with Gasteiger partial charge in [0.1, 0.15) is 11.8 Å². The molecule has 1 fully saturated rings. The number of carbonyl (C=O) groups excluding carboxylic acids is 2. The van der Waals surface area contributed by atoms with Crippen LogP contribution in [0.25, 0.3) is 0 Å². The largest absolute Gasteiger partial charge is 0.467 e. The van der Waals surface area contributed by atoms with E-state index in [4.69, 9.17) is 20.8 Å². The van der Waals surface area contributed by atoms with Gasteiger partial charge in [-0.25, -0.2) is 5.01 Å². The number of amides is 2. The molecule has 1 aromatic heterocycles. The van der Waals surface area contributed by atoms with Crippen LogP contribution in [0, 0.1) is 0 Å². The van der Waals surface area contributed by atoms with E-state index >= 15 is 0 Å². The highest BCUT2D eigenvalue weighted by Crippen LogP contribution is 2.33. The molecular weight excluding hydrogens is 420 g/mol. The van der Waals surface area contributed by atoms with Crippen LogP contribution in [0.15, 0.2) is 52.2 Å². The van der Waals surface area contributed by atoms with Crippen LogP contribution in [0.3, 0.4) is 0 Å². The molecule has 8 nitrogen and oxygen atoms in total. The molecule has 0 spiro atoms. The van der Waals surface area contributed by atoms with E-state index in [9.17, 15) is 9.59 Å². The highest BCUT2D eigenvalue weighted by Gasteiger charge is 2.35. The molecule has 0 N–H and O–H groups in total. The summed E-state index contributed by atoms with van der Waals surface area (Å²) in [4.78, 5) is 29.1. The van der Waals surface area contributed by atoms with Crippen LogP contribution in [0.2, 0.25) is 5.02 Å². The predicted molar refractivity (Wildman–Crippen MR) is 116 cm³/mol. The van der Waals surface area contributed by atoms with E-state index in [2.05, 4.69) is 5.10 Å². The number of rotatable bonds is 6. The van der Waals surface area contributed by atoms with Crippen molar-refractivity contribution in [3.05, 3.63) is 59.0 Å². The fourth-order valence-corrected chi connectivity index (χ4v) is 3.89. The number of ether oxygens (including phenoxy) is 1. The molecule has 3 heterocycles. The van der Waals surface area contributed by atoms with Crippen LogP contribution in [0.5, 0.6) is 0 Å². The Morgan fingerprint density at radius 2 is 1.84 bits per heavy atom. The number of nitrogens with zero attached hydrogens (tertiary/aromatic N) is 4. The first-order chi connectivity index (χ1) is 15.0. The van der Waals surface area contributed by atoms with E-state index < -0.39 is 0 Å². The molecule has 0 aliphatic carbocycles. The summed E-state index contributed by atoms with van der Waals surface area (Å²) in [6.45, 7) is 2.51. The highest BCUT2D eigenvalue weighted by atomic mass is 35.5. The molecule has 0 radical (unpaired) electrons. The van der Waals surface area contributed by atoms with Gasteiger partial charge in [0.2, 0.25) is 5.91 Å². The van der Waals surface area contributed by atoms with Gasteiger partial charge < -0.3 is 14.1 Å². The molecule has 9 heteroatoms. The maximum absolute atomic E-state index is 13.1. The number of hydrogen-bond acceptors (Lipinski definition) is 6. The van der Waals surface area contributed by atoms with Gasteiger partial charge in [-0.15, -0.1) is 0 Å². The molecule has 2 aliphatic rings. The summed E-state index contributed by atoms with van der Waals surface area (Å²) in [5.74, 6) is 0.476. The topological polar surface area (TPSA) is 78.6 Å². The standard InChI is InChI=1S/C22H25ClN4O4/c1-25(14-21(28)26-8-11-30-12-9-26)15-22(29)27-19(20-3-2-10-31-20)13-18(24-27)16-4-6-17(23)7-5-16/h2-7,10,19H,8-9,11-15H2,1H3/t19-/m0/s1. The van der Waals surface area contributed by atoms with Gasteiger partial charge in [-0.1, -0.05) is 23.7 Å². The summed E-state index contributed by atoms with van der Waals surface area (Å²) in [5.41, 5.74) is 1.70. The minimum atomic E-state index is -0.323. The third-order valence-electron chi connectivity index (χ3n) is 5.39. The zero-order valence-electron chi connectivity index (χ0n) is 17.4. The first kappa shape index (κ1) is 21.5. The second-order valence-electron chi connectivity index (χ2n) is 7.69. The number of benzene rings is 1. The van der Waals surface area contributed by atoms with Gasteiger partial charge >= 0.3 is 0 Å². The maximum atomic E-state index is 13.1. The Hall–Kier alpha value is -2.68. The van der Waals surface area contributed by atoms with Crippen molar-refractivity contribution in [2.45, 2.75) is 12.5 Å². The number of carbonyl (C=O) groups is 2. The van der Waals surface area contributed by atoms with Crippen molar-refractivity contribution in [3.63, 3.8) is 0 Å². The monoisotopic (exact) mass is 444 g/mol. The summed E-state index contributed by atoms with van der Waals surface area (Å²) in [6.07, 6.45) is 2.13. The number of halogens is 1. The van der Waals surface area contributed by atoms with Crippen molar-refractivity contribution >= 4 is 29.1 Å². The van der Waals surface area contributed by atoms with E-state index in [0.717, 1.165) is 11.3 Å². The lowest BCUT2D eigenvalue weighted by molar-refractivity contribution is -0.138. The van der Waals surface area contributed by atoms with Crippen LogP contribution in [0.1, 0.15) is 23.8 Å². The molecule has 164 valence electrons. The summed E-state index contributed by atoms with van der Waals surface area (Å²) >= 11 is 6.00. The highest BCUT2D eigenvalue weighted by molar-refractivity contribution is 6.30. The van der Waals surface area contributed by atoms with E-state index in [1.807, 2.05) is 18.2 Å². The van der Waals surface area contributed by atoms with Crippen molar-refractivity contribution < 1.29 is 18.7 Å². The SMILES string of the molecule is CN(CC(=O)N1CCOCC1)CC(=O)N1N=C(c2ccc(Cl)cc2)C[C@H]1c1ccco1. The van der Waals surface area contributed by atoms with E-state index in [1.165, 1.54) is 5.01 Å². The number of hydrazone groups is 1. The second-order valence-corrected chi connectivity index (χ2v) is 8.13. The van der Waals surface area contributed by atoms with Gasteiger partial charge in [-0.3, -0.25) is 14.5 Å². The van der Waals surface area contributed by atoms with Gasteiger partial charge in [0, 0.05) is 24.5 Å². The Kier molecular flexibility index (Phi) is 6.70. The van der Waals surface area contributed by atoms with Crippen molar-refractivity contribution in [2.75, 3.05) is 46.4 Å². The smallest absolute Gasteiger partial charge is 0.257 e. The fraction of sp³-hybridized carbons (Fsp3) is 0.409. The molecule has 1 atom stereocenters. The Bertz CT molecular complexity index is 939. The summed E-state index contributed by atoms with van der Waals surface area (Å²) in [5, 5.41) is 6.72. The summed E-state index contributed by atoms with van der Waals surface area (Å²) < 4.78 is 10.9. The van der Waals surface area contributed by atoms with Gasteiger partial charge in [-0.2, -0.15) is 5.10 Å². The first-order valence-corrected chi connectivity index (χ1v) is 10.6. The van der Waals surface area contributed by atoms with Crippen LogP contribution >= 0.6 is 11.6 Å². The van der Waals surface area contributed by atoms with Gasteiger partial charge in [0.15, 0.2) is 0 Å². The third-order valence-corrected chi connectivity index (χ3v) is 5.64.